The molecule has 1 aromatic rings. The number of benzene rings is 1. The van der Waals surface area contributed by atoms with Crippen LogP contribution in [-0.2, 0) is 4.79 Å². The van der Waals surface area contributed by atoms with Gasteiger partial charge in [-0.2, -0.15) is 0 Å². The highest BCUT2D eigenvalue weighted by Crippen LogP contribution is 2.25. The van der Waals surface area contributed by atoms with E-state index in [-0.39, 0.29) is 11.9 Å². The monoisotopic (exact) mass is 331 g/mol. The minimum absolute atomic E-state index is 0.148. The topological polar surface area (TPSA) is 90.0 Å². The number of nitrogens with zero attached hydrogens (tertiary/aromatic N) is 2. The molecule has 2 heterocycles. The first-order valence-electron chi connectivity index (χ1n) is 8.16. The van der Waals surface area contributed by atoms with Gasteiger partial charge in [0, 0.05) is 30.9 Å². The maximum absolute atomic E-state index is 12.7. The zero-order valence-corrected chi connectivity index (χ0v) is 13.6. The average molecular weight is 331 g/mol. The SMILES string of the molecule is CC1CCN(C(=O)c2ccc(N3CCNC3=O)cc2)C(C(=O)O)C1. The van der Waals surface area contributed by atoms with Crippen molar-refractivity contribution in [2.45, 2.75) is 25.8 Å². The van der Waals surface area contributed by atoms with E-state index in [1.54, 1.807) is 29.2 Å². The van der Waals surface area contributed by atoms with E-state index >= 15 is 0 Å². The van der Waals surface area contributed by atoms with Gasteiger partial charge in [0.25, 0.3) is 5.91 Å². The van der Waals surface area contributed by atoms with Crippen molar-refractivity contribution < 1.29 is 19.5 Å². The standard InChI is InChI=1S/C17H21N3O4/c1-11-6-8-20(14(10-11)16(22)23)15(21)12-2-4-13(5-3-12)19-9-7-18-17(19)24/h2-5,11,14H,6-10H2,1H3,(H,18,24)(H,22,23). The summed E-state index contributed by atoms with van der Waals surface area (Å²) >= 11 is 0. The van der Waals surface area contributed by atoms with Crippen molar-refractivity contribution in [1.82, 2.24) is 10.2 Å². The molecular formula is C17H21N3O4. The molecule has 24 heavy (non-hydrogen) atoms. The Kier molecular flexibility index (Phi) is 4.42. The average Bonchev–Trinajstić information content (AvgIpc) is 3.00. The summed E-state index contributed by atoms with van der Waals surface area (Å²) in [7, 11) is 0. The quantitative estimate of drug-likeness (QED) is 0.879. The Labute approximate surface area is 140 Å². The molecule has 0 spiro atoms. The van der Waals surface area contributed by atoms with E-state index in [1.807, 2.05) is 6.92 Å². The smallest absolute Gasteiger partial charge is 0.326 e. The van der Waals surface area contributed by atoms with Crippen LogP contribution in [-0.4, -0.2) is 53.6 Å². The van der Waals surface area contributed by atoms with E-state index < -0.39 is 12.0 Å². The second-order valence-electron chi connectivity index (χ2n) is 6.41. The number of hydrogen-bond donors (Lipinski definition) is 2. The largest absolute Gasteiger partial charge is 0.480 e. The van der Waals surface area contributed by atoms with E-state index in [4.69, 9.17) is 0 Å². The molecule has 0 saturated carbocycles. The third kappa shape index (κ3) is 3.06. The Morgan fingerprint density at radius 1 is 1.21 bits per heavy atom. The lowest BCUT2D eigenvalue weighted by Gasteiger charge is -2.36. The highest BCUT2D eigenvalue weighted by molar-refractivity contribution is 5.98. The molecule has 0 aromatic heterocycles. The van der Waals surface area contributed by atoms with E-state index in [2.05, 4.69) is 5.32 Å². The van der Waals surface area contributed by atoms with Crippen LogP contribution in [0.25, 0.3) is 0 Å². The number of carboxylic acids is 1. The fourth-order valence-electron chi connectivity index (χ4n) is 3.29. The van der Waals surface area contributed by atoms with E-state index in [0.717, 1.165) is 12.1 Å². The maximum atomic E-state index is 12.7. The molecule has 7 nitrogen and oxygen atoms in total. The fourth-order valence-corrected chi connectivity index (χ4v) is 3.29. The third-order valence-corrected chi connectivity index (χ3v) is 4.69. The van der Waals surface area contributed by atoms with Crippen LogP contribution < -0.4 is 10.2 Å². The van der Waals surface area contributed by atoms with Crippen LogP contribution in [0.2, 0.25) is 0 Å². The number of carbonyl (C=O) groups excluding carboxylic acids is 2. The first kappa shape index (κ1) is 16.3. The van der Waals surface area contributed by atoms with Gasteiger partial charge in [0.1, 0.15) is 6.04 Å². The van der Waals surface area contributed by atoms with Crippen molar-refractivity contribution in [3.05, 3.63) is 29.8 Å². The molecular weight excluding hydrogens is 310 g/mol. The van der Waals surface area contributed by atoms with Crippen molar-refractivity contribution in [1.29, 1.82) is 0 Å². The first-order chi connectivity index (χ1) is 11.5. The summed E-state index contributed by atoms with van der Waals surface area (Å²) in [4.78, 5) is 38.9. The predicted octanol–water partition coefficient (Wildman–Crippen LogP) is 1.54. The molecule has 2 fully saturated rings. The summed E-state index contributed by atoms with van der Waals surface area (Å²) < 4.78 is 0. The lowest BCUT2D eigenvalue weighted by Crippen LogP contribution is -2.49. The number of urea groups is 1. The van der Waals surface area contributed by atoms with Gasteiger partial charge in [-0.05, 0) is 43.0 Å². The normalized spacial score (nSPS) is 24.0. The first-order valence-corrected chi connectivity index (χ1v) is 8.16. The Morgan fingerprint density at radius 2 is 1.92 bits per heavy atom. The zero-order valence-electron chi connectivity index (χ0n) is 13.6. The van der Waals surface area contributed by atoms with Gasteiger partial charge in [-0.25, -0.2) is 9.59 Å². The second-order valence-corrected chi connectivity index (χ2v) is 6.41. The van der Waals surface area contributed by atoms with Gasteiger partial charge < -0.3 is 15.3 Å². The molecule has 2 saturated heterocycles. The molecule has 128 valence electrons. The molecule has 1 aromatic carbocycles. The van der Waals surface area contributed by atoms with Crippen molar-refractivity contribution in [3.63, 3.8) is 0 Å². The molecule has 0 aliphatic carbocycles. The number of hydrogen-bond acceptors (Lipinski definition) is 3. The van der Waals surface area contributed by atoms with Crippen LogP contribution in [0.4, 0.5) is 10.5 Å². The lowest BCUT2D eigenvalue weighted by atomic mass is 9.92. The minimum Gasteiger partial charge on any atom is -0.480 e. The summed E-state index contributed by atoms with van der Waals surface area (Å²) in [6.07, 6.45) is 1.29. The Hall–Kier alpha value is -2.57. The Balaban J connectivity index is 1.77. The molecule has 2 atom stereocenters. The molecule has 3 rings (SSSR count). The van der Waals surface area contributed by atoms with Gasteiger partial charge in [-0.3, -0.25) is 9.69 Å². The molecule has 2 aliphatic heterocycles. The summed E-state index contributed by atoms with van der Waals surface area (Å²) in [5, 5.41) is 12.1. The third-order valence-electron chi connectivity index (χ3n) is 4.69. The van der Waals surface area contributed by atoms with Crippen molar-refractivity contribution in [2.75, 3.05) is 24.5 Å². The molecule has 3 amide bonds. The Morgan fingerprint density at radius 3 is 2.50 bits per heavy atom. The van der Waals surface area contributed by atoms with Crippen LogP contribution in [0, 0.1) is 5.92 Å². The van der Waals surface area contributed by atoms with Crippen LogP contribution in [0.5, 0.6) is 0 Å². The van der Waals surface area contributed by atoms with E-state index in [0.29, 0.717) is 37.5 Å². The molecule has 0 bridgehead atoms. The van der Waals surface area contributed by atoms with Crippen LogP contribution >= 0.6 is 0 Å². The molecule has 0 radical (unpaired) electrons. The number of rotatable bonds is 3. The fraction of sp³-hybridized carbons (Fsp3) is 0.471. The summed E-state index contributed by atoms with van der Waals surface area (Å²) in [6.45, 7) is 3.66. The number of carbonyl (C=O) groups is 3. The summed E-state index contributed by atoms with van der Waals surface area (Å²) in [6, 6.07) is 5.83. The summed E-state index contributed by atoms with van der Waals surface area (Å²) in [5.41, 5.74) is 1.17. The summed E-state index contributed by atoms with van der Waals surface area (Å²) in [5.74, 6) is -0.932. The number of aliphatic carboxylic acids is 1. The van der Waals surface area contributed by atoms with Crippen LogP contribution in [0.15, 0.2) is 24.3 Å². The number of likely N-dealkylation sites (tertiary alicyclic amines) is 1. The van der Waals surface area contributed by atoms with E-state index in [9.17, 15) is 19.5 Å². The van der Waals surface area contributed by atoms with Crippen LogP contribution in [0.1, 0.15) is 30.1 Å². The van der Waals surface area contributed by atoms with E-state index in [1.165, 1.54) is 4.90 Å². The molecule has 2 unspecified atom stereocenters. The van der Waals surface area contributed by atoms with Gasteiger partial charge in [0.2, 0.25) is 0 Å². The number of amides is 3. The highest BCUT2D eigenvalue weighted by Gasteiger charge is 2.35. The second kappa shape index (κ2) is 6.51. The number of anilines is 1. The molecule has 2 aliphatic rings. The van der Waals surface area contributed by atoms with Crippen molar-refractivity contribution >= 4 is 23.6 Å². The van der Waals surface area contributed by atoms with Crippen LogP contribution in [0.3, 0.4) is 0 Å². The van der Waals surface area contributed by atoms with Gasteiger partial charge in [0.05, 0.1) is 0 Å². The number of nitrogens with one attached hydrogen (secondary N) is 1. The minimum atomic E-state index is -0.958. The van der Waals surface area contributed by atoms with Gasteiger partial charge >= 0.3 is 12.0 Å². The molecule has 2 N–H and O–H groups in total. The maximum Gasteiger partial charge on any atom is 0.326 e. The zero-order chi connectivity index (χ0) is 17.3. The van der Waals surface area contributed by atoms with Gasteiger partial charge in [-0.15, -0.1) is 0 Å². The van der Waals surface area contributed by atoms with Crippen molar-refractivity contribution in [3.8, 4) is 0 Å². The van der Waals surface area contributed by atoms with Gasteiger partial charge in [-0.1, -0.05) is 6.92 Å². The van der Waals surface area contributed by atoms with Crippen molar-refractivity contribution in [2.24, 2.45) is 5.92 Å². The number of carboxylic acid groups (broad SMARTS) is 1. The number of piperidine rings is 1. The van der Waals surface area contributed by atoms with Gasteiger partial charge in [0.15, 0.2) is 0 Å². The highest BCUT2D eigenvalue weighted by atomic mass is 16.4. The lowest BCUT2D eigenvalue weighted by molar-refractivity contribution is -0.144. The predicted molar refractivity (Wildman–Crippen MR) is 88.0 cm³/mol. The molecule has 7 heteroatoms. The Bertz CT molecular complexity index is 658.